The second-order valence-corrected chi connectivity index (χ2v) is 7.35. The molecule has 1 aliphatic carbocycles. The number of amides is 1. The van der Waals surface area contributed by atoms with Crippen LogP contribution >= 0.6 is 0 Å². The Morgan fingerprint density at radius 3 is 2.54 bits per heavy atom. The minimum atomic E-state index is -4.57. The van der Waals surface area contributed by atoms with Gasteiger partial charge in [0.05, 0.1) is 23.4 Å². The van der Waals surface area contributed by atoms with Crippen LogP contribution < -0.4 is 0 Å². The van der Waals surface area contributed by atoms with Crippen molar-refractivity contribution in [1.29, 1.82) is 0 Å². The van der Waals surface area contributed by atoms with E-state index in [2.05, 4.69) is 9.97 Å². The summed E-state index contributed by atoms with van der Waals surface area (Å²) < 4.78 is 45.6. The Balaban J connectivity index is 1.92. The Morgan fingerprint density at radius 2 is 1.96 bits per heavy atom. The van der Waals surface area contributed by atoms with Crippen LogP contribution in [-0.2, 0) is 4.74 Å². The lowest BCUT2D eigenvalue weighted by Crippen LogP contribution is -2.65. The predicted molar refractivity (Wildman–Crippen MR) is 79.5 cm³/mol. The van der Waals surface area contributed by atoms with Gasteiger partial charge in [0.1, 0.15) is 6.33 Å². The fourth-order valence-corrected chi connectivity index (χ4v) is 3.20. The van der Waals surface area contributed by atoms with Gasteiger partial charge in [-0.1, -0.05) is 0 Å². The van der Waals surface area contributed by atoms with Crippen molar-refractivity contribution in [3.63, 3.8) is 0 Å². The van der Waals surface area contributed by atoms with Crippen LogP contribution in [0.5, 0.6) is 0 Å². The normalized spacial score (nSPS) is 27.2. The third kappa shape index (κ3) is 3.11. The second kappa shape index (κ2) is 5.40. The van der Waals surface area contributed by atoms with Crippen LogP contribution in [0.15, 0.2) is 12.5 Å². The minimum Gasteiger partial charge on any atom is -0.356 e. The van der Waals surface area contributed by atoms with E-state index in [4.69, 9.17) is 4.74 Å². The summed E-state index contributed by atoms with van der Waals surface area (Å²) in [6.07, 6.45) is 0.0674. The van der Waals surface area contributed by atoms with Crippen molar-refractivity contribution in [1.82, 2.24) is 14.9 Å². The van der Waals surface area contributed by atoms with E-state index in [0.717, 1.165) is 19.8 Å². The summed E-state index contributed by atoms with van der Waals surface area (Å²) in [7, 11) is 0. The highest BCUT2D eigenvalue weighted by Gasteiger charge is 2.59. The quantitative estimate of drug-likeness (QED) is 0.828. The number of nitrogens with zero attached hydrogens (tertiary/aromatic N) is 3. The number of ether oxygens (including phenoxy) is 1. The Kier molecular flexibility index (Phi) is 3.86. The molecular formula is C16H20F3N3O2. The molecule has 0 spiro atoms. The zero-order chi connectivity index (χ0) is 17.8. The highest BCUT2D eigenvalue weighted by Crippen LogP contribution is 2.43. The second-order valence-electron chi connectivity index (χ2n) is 7.35. The van der Waals surface area contributed by atoms with Gasteiger partial charge in [0.15, 0.2) is 5.60 Å². The maximum Gasteiger partial charge on any atom is 0.418 e. The molecule has 1 atom stereocenters. The standard InChI is InChI=1S/C16H20F3N3O2/c1-14(2)7-22(8-15(3,24-14)16(17,18)19)13(23)11-6-20-9-21-12(11)10-4-5-10/h6,9-10H,4-5,7-8H2,1-3H3. The number of alkyl halides is 3. The lowest BCUT2D eigenvalue weighted by atomic mass is 9.95. The average molecular weight is 343 g/mol. The van der Waals surface area contributed by atoms with E-state index in [9.17, 15) is 18.0 Å². The number of hydrogen-bond acceptors (Lipinski definition) is 4. The summed E-state index contributed by atoms with van der Waals surface area (Å²) >= 11 is 0. The first-order chi connectivity index (χ1) is 11.0. The molecule has 1 unspecified atom stereocenters. The smallest absolute Gasteiger partial charge is 0.356 e. The molecule has 2 heterocycles. The first-order valence-corrected chi connectivity index (χ1v) is 7.88. The molecule has 0 N–H and O–H groups in total. The van der Waals surface area contributed by atoms with E-state index in [1.807, 2.05) is 0 Å². The van der Waals surface area contributed by atoms with Crippen LogP contribution in [0.25, 0.3) is 0 Å². The van der Waals surface area contributed by atoms with Crippen molar-refractivity contribution < 1.29 is 22.7 Å². The van der Waals surface area contributed by atoms with Gasteiger partial charge in [-0.05, 0) is 33.6 Å². The molecular weight excluding hydrogens is 323 g/mol. The highest BCUT2D eigenvalue weighted by atomic mass is 19.4. The maximum atomic E-state index is 13.4. The van der Waals surface area contributed by atoms with Crippen molar-refractivity contribution in [2.24, 2.45) is 0 Å². The molecule has 0 bridgehead atoms. The number of carbonyl (C=O) groups is 1. The van der Waals surface area contributed by atoms with Crippen molar-refractivity contribution in [3.8, 4) is 0 Å². The Bertz CT molecular complexity index is 658. The molecule has 8 heteroatoms. The van der Waals surface area contributed by atoms with Gasteiger partial charge in [0.2, 0.25) is 0 Å². The van der Waals surface area contributed by atoms with E-state index in [1.165, 1.54) is 17.4 Å². The van der Waals surface area contributed by atoms with Crippen LogP contribution in [0.3, 0.4) is 0 Å². The number of hydrogen-bond donors (Lipinski definition) is 0. The third-order valence-electron chi connectivity index (χ3n) is 4.39. The summed E-state index contributed by atoms with van der Waals surface area (Å²) in [4.78, 5) is 22.1. The van der Waals surface area contributed by atoms with Gasteiger partial charge in [-0.15, -0.1) is 0 Å². The highest BCUT2D eigenvalue weighted by molar-refractivity contribution is 5.95. The van der Waals surface area contributed by atoms with E-state index in [1.54, 1.807) is 13.8 Å². The number of halogens is 3. The van der Waals surface area contributed by atoms with Crippen LogP contribution in [0, 0.1) is 0 Å². The fraction of sp³-hybridized carbons (Fsp3) is 0.688. The van der Waals surface area contributed by atoms with Gasteiger partial charge in [0.25, 0.3) is 5.91 Å². The summed E-state index contributed by atoms with van der Waals surface area (Å²) in [5, 5.41) is 0. The van der Waals surface area contributed by atoms with Crippen LogP contribution in [0.2, 0.25) is 0 Å². The van der Waals surface area contributed by atoms with E-state index in [-0.39, 0.29) is 12.5 Å². The zero-order valence-electron chi connectivity index (χ0n) is 13.9. The molecule has 0 aromatic carbocycles. The molecule has 132 valence electrons. The molecule has 5 nitrogen and oxygen atoms in total. The van der Waals surface area contributed by atoms with E-state index in [0.29, 0.717) is 11.3 Å². The Labute approximate surface area is 138 Å². The fourth-order valence-electron chi connectivity index (χ4n) is 3.20. The average Bonchev–Trinajstić information content (AvgIpc) is 3.28. The van der Waals surface area contributed by atoms with Gasteiger partial charge >= 0.3 is 6.18 Å². The van der Waals surface area contributed by atoms with Crippen LogP contribution in [0.1, 0.15) is 55.6 Å². The molecule has 1 amide bonds. The maximum absolute atomic E-state index is 13.4. The molecule has 0 radical (unpaired) electrons. The van der Waals surface area contributed by atoms with Crippen LogP contribution in [0.4, 0.5) is 13.2 Å². The molecule has 1 saturated carbocycles. The van der Waals surface area contributed by atoms with E-state index >= 15 is 0 Å². The Morgan fingerprint density at radius 1 is 1.29 bits per heavy atom. The minimum absolute atomic E-state index is 0.0799. The van der Waals surface area contributed by atoms with Crippen molar-refractivity contribution in [3.05, 3.63) is 23.8 Å². The lowest BCUT2D eigenvalue weighted by molar-refractivity contribution is -0.318. The number of morpholine rings is 1. The topological polar surface area (TPSA) is 55.3 Å². The molecule has 1 aromatic heterocycles. The molecule has 1 aliphatic heterocycles. The molecule has 1 aromatic rings. The monoisotopic (exact) mass is 343 g/mol. The third-order valence-corrected chi connectivity index (χ3v) is 4.39. The summed E-state index contributed by atoms with van der Waals surface area (Å²) in [6.45, 7) is 3.63. The number of aromatic nitrogens is 2. The predicted octanol–water partition coefficient (Wildman–Crippen LogP) is 2.93. The summed E-state index contributed by atoms with van der Waals surface area (Å²) in [6, 6.07) is 0. The van der Waals surface area contributed by atoms with Crippen molar-refractivity contribution in [2.75, 3.05) is 13.1 Å². The molecule has 2 aliphatic rings. The summed E-state index contributed by atoms with van der Waals surface area (Å²) in [5.41, 5.74) is -2.58. The van der Waals surface area contributed by atoms with Gasteiger partial charge in [-0.3, -0.25) is 4.79 Å². The molecule has 3 rings (SSSR count). The largest absolute Gasteiger partial charge is 0.418 e. The SMILES string of the molecule is CC1(C)CN(C(=O)c2cncnc2C2CC2)CC(C)(C(F)(F)F)O1. The first-order valence-electron chi connectivity index (χ1n) is 7.88. The van der Waals surface area contributed by atoms with Crippen molar-refractivity contribution in [2.45, 2.75) is 56.9 Å². The van der Waals surface area contributed by atoms with Gasteiger partial charge in [-0.2, -0.15) is 13.2 Å². The Hall–Kier alpha value is -1.70. The summed E-state index contributed by atoms with van der Waals surface area (Å²) in [5.74, 6) is -0.264. The number of rotatable bonds is 2. The molecule has 24 heavy (non-hydrogen) atoms. The van der Waals surface area contributed by atoms with Gasteiger partial charge < -0.3 is 9.64 Å². The van der Waals surface area contributed by atoms with Gasteiger partial charge in [-0.25, -0.2) is 9.97 Å². The molecule has 2 fully saturated rings. The molecule has 1 saturated heterocycles. The van der Waals surface area contributed by atoms with E-state index < -0.39 is 29.8 Å². The first kappa shape index (κ1) is 17.1. The zero-order valence-corrected chi connectivity index (χ0v) is 13.9. The number of carbonyl (C=O) groups excluding carboxylic acids is 1. The van der Waals surface area contributed by atoms with Crippen LogP contribution in [-0.4, -0.2) is 51.2 Å². The lowest BCUT2D eigenvalue weighted by Gasteiger charge is -2.48. The van der Waals surface area contributed by atoms with Crippen molar-refractivity contribution >= 4 is 5.91 Å². The van der Waals surface area contributed by atoms with Gasteiger partial charge in [0, 0.05) is 18.7 Å².